The lowest BCUT2D eigenvalue weighted by molar-refractivity contribution is 0.0725. The van der Waals surface area contributed by atoms with Gasteiger partial charge in [-0.25, -0.2) is 9.59 Å². The molecule has 0 atom stereocenters. The molecule has 0 saturated heterocycles. The zero-order valence-corrected chi connectivity index (χ0v) is 41.8. The number of ether oxygens (including phenoxy) is 4. The second-order valence-corrected chi connectivity index (χ2v) is 18.2. The molecule has 0 aliphatic rings. The van der Waals surface area contributed by atoms with Crippen molar-refractivity contribution in [2.75, 3.05) is 13.2 Å². The number of carbonyl (C=O) groups excluding carboxylic acids is 2. The molecule has 0 amide bonds. The highest BCUT2D eigenvalue weighted by atomic mass is 16.5. The summed E-state index contributed by atoms with van der Waals surface area (Å²) in [7, 11) is 0. The minimum absolute atomic E-state index is 0.333. The summed E-state index contributed by atoms with van der Waals surface area (Å²) in [6, 6.07) is 29.4. The van der Waals surface area contributed by atoms with Crippen molar-refractivity contribution < 1.29 is 28.5 Å². The molecule has 0 saturated carbocycles. The summed E-state index contributed by atoms with van der Waals surface area (Å²) >= 11 is 0. The molecular weight excluding hydrogens is 869 g/mol. The van der Waals surface area contributed by atoms with Gasteiger partial charge in [0.25, 0.3) is 0 Å². The van der Waals surface area contributed by atoms with Crippen molar-refractivity contribution in [3.8, 4) is 23.0 Å². The van der Waals surface area contributed by atoms with Crippen molar-refractivity contribution in [2.45, 2.75) is 142 Å². The number of pyridine rings is 2. The number of carbonyl (C=O) groups is 2. The fourth-order valence-electron chi connectivity index (χ4n) is 8.43. The Bertz CT molecular complexity index is 2320. The van der Waals surface area contributed by atoms with Gasteiger partial charge >= 0.3 is 11.9 Å². The lowest BCUT2D eigenvalue weighted by Crippen LogP contribution is -2.11. The third-order valence-electron chi connectivity index (χ3n) is 12.6. The predicted octanol–water partition coefficient (Wildman–Crippen LogP) is 17.0. The summed E-state index contributed by atoms with van der Waals surface area (Å²) in [4.78, 5) is 36.3. The number of hydrogen-bond acceptors (Lipinski definition) is 8. The first-order chi connectivity index (χ1) is 34.5. The summed E-state index contributed by atoms with van der Waals surface area (Å²) in [6.45, 7) is 5.78. The number of aromatic nitrogens is 2. The molecule has 0 aliphatic carbocycles. The van der Waals surface area contributed by atoms with Crippen molar-refractivity contribution in [3.63, 3.8) is 0 Å². The smallest absolute Gasteiger partial charge is 0.343 e. The van der Waals surface area contributed by atoms with Crippen LogP contribution in [0, 0.1) is 0 Å². The fourth-order valence-corrected chi connectivity index (χ4v) is 8.43. The lowest BCUT2D eigenvalue weighted by atomic mass is 9.99. The van der Waals surface area contributed by atoms with E-state index >= 15 is 0 Å². The van der Waals surface area contributed by atoms with E-state index in [0.717, 1.165) is 36.8 Å². The molecule has 0 N–H and O–H groups in total. The van der Waals surface area contributed by atoms with E-state index in [1.54, 1.807) is 49.1 Å². The van der Waals surface area contributed by atoms with Crippen LogP contribution < -0.4 is 18.9 Å². The molecule has 0 unspecified atom stereocenters. The quantitative estimate of drug-likeness (QED) is 0.0234. The summed E-state index contributed by atoms with van der Waals surface area (Å²) in [5.41, 5.74) is 3.96. The van der Waals surface area contributed by atoms with Gasteiger partial charge in [-0.3, -0.25) is 9.97 Å². The standard InChI is InChI=1S/C62H74N2O6/c1-3-5-7-9-11-13-15-17-19-21-47-67-55-33-27-53(28-34-55)61(65)69-59-51(25-23-49-39-43-63-44-40-49)31-38-58-57(59)37-32-52(26-24-50-41-45-64-46-42-50)60(58)70-62(66)54-29-35-56(36-30-54)68-48-22-20-18-16-14-12-10-8-6-4-2/h23-46H,3-22,47-48H2,1-2H3/b25-23+,26-24+. The Balaban J connectivity index is 1.16. The summed E-state index contributed by atoms with van der Waals surface area (Å²) in [5, 5.41) is 1.20. The molecule has 0 spiro atoms. The number of nitrogens with zero attached hydrogens (tertiary/aromatic N) is 2. The van der Waals surface area contributed by atoms with E-state index < -0.39 is 11.9 Å². The number of hydrogen-bond donors (Lipinski definition) is 0. The third-order valence-corrected chi connectivity index (χ3v) is 12.6. The van der Waals surface area contributed by atoms with Crippen LogP contribution in [0.5, 0.6) is 23.0 Å². The maximum Gasteiger partial charge on any atom is 0.343 e. The van der Waals surface area contributed by atoms with Crippen LogP contribution in [0.3, 0.4) is 0 Å². The molecule has 0 aliphatic heterocycles. The predicted molar refractivity (Wildman–Crippen MR) is 288 cm³/mol. The van der Waals surface area contributed by atoms with Gasteiger partial charge in [-0.2, -0.15) is 0 Å². The Kier molecular flexibility index (Phi) is 23.3. The van der Waals surface area contributed by atoms with E-state index in [9.17, 15) is 9.59 Å². The molecule has 4 aromatic carbocycles. The molecular formula is C62H74N2O6. The highest BCUT2D eigenvalue weighted by Crippen LogP contribution is 2.40. The van der Waals surface area contributed by atoms with Gasteiger partial charge in [-0.05, 0) is 109 Å². The number of esters is 2. The fraction of sp³-hybridized carbons (Fsp3) is 0.387. The number of fused-ring (bicyclic) bond motifs is 1. The first kappa shape index (κ1) is 52.8. The molecule has 368 valence electrons. The van der Waals surface area contributed by atoms with Gasteiger partial charge in [0.2, 0.25) is 0 Å². The third kappa shape index (κ3) is 18.1. The van der Waals surface area contributed by atoms with Gasteiger partial charge in [-0.1, -0.05) is 166 Å². The lowest BCUT2D eigenvalue weighted by Gasteiger charge is -2.16. The zero-order chi connectivity index (χ0) is 48.9. The maximum absolute atomic E-state index is 14.0. The van der Waals surface area contributed by atoms with E-state index in [1.165, 1.54) is 103 Å². The first-order valence-electron chi connectivity index (χ1n) is 26.2. The van der Waals surface area contributed by atoms with Crippen LogP contribution in [0.2, 0.25) is 0 Å². The van der Waals surface area contributed by atoms with Gasteiger partial charge < -0.3 is 18.9 Å². The topological polar surface area (TPSA) is 96.8 Å². The molecule has 2 heterocycles. The molecule has 70 heavy (non-hydrogen) atoms. The monoisotopic (exact) mass is 943 g/mol. The Morgan fingerprint density at radius 2 is 0.714 bits per heavy atom. The second-order valence-electron chi connectivity index (χ2n) is 18.2. The van der Waals surface area contributed by atoms with E-state index in [1.807, 2.05) is 97.1 Å². The largest absolute Gasteiger partial charge is 0.494 e. The Labute approximate surface area is 417 Å². The van der Waals surface area contributed by atoms with Crippen LogP contribution in [-0.4, -0.2) is 35.1 Å². The van der Waals surface area contributed by atoms with E-state index in [-0.39, 0.29) is 0 Å². The van der Waals surface area contributed by atoms with Crippen LogP contribution in [0.25, 0.3) is 35.1 Å². The Morgan fingerprint density at radius 3 is 1.06 bits per heavy atom. The van der Waals surface area contributed by atoms with E-state index in [0.29, 0.717) is 69.2 Å². The van der Waals surface area contributed by atoms with Crippen molar-refractivity contribution >= 4 is 47.0 Å². The molecule has 8 heteroatoms. The summed E-state index contributed by atoms with van der Waals surface area (Å²) in [5.74, 6) is 1.04. The summed E-state index contributed by atoms with van der Waals surface area (Å²) in [6.07, 6.45) is 39.9. The van der Waals surface area contributed by atoms with E-state index in [4.69, 9.17) is 18.9 Å². The average molecular weight is 943 g/mol. The zero-order valence-electron chi connectivity index (χ0n) is 41.8. The van der Waals surface area contributed by atoms with Crippen molar-refractivity contribution in [3.05, 3.63) is 155 Å². The highest BCUT2D eigenvalue weighted by Gasteiger charge is 2.20. The van der Waals surface area contributed by atoms with Gasteiger partial charge in [0.1, 0.15) is 23.0 Å². The molecule has 0 fully saturated rings. The first-order valence-corrected chi connectivity index (χ1v) is 26.2. The maximum atomic E-state index is 14.0. The van der Waals surface area contributed by atoms with Crippen LogP contribution in [0.4, 0.5) is 0 Å². The second kappa shape index (κ2) is 30.8. The van der Waals surface area contributed by atoms with Crippen LogP contribution in [-0.2, 0) is 0 Å². The molecule has 8 nitrogen and oxygen atoms in total. The summed E-state index contributed by atoms with van der Waals surface area (Å²) < 4.78 is 24.8. The average Bonchev–Trinajstić information content (AvgIpc) is 3.39. The van der Waals surface area contributed by atoms with Gasteiger partial charge in [0.05, 0.1) is 24.3 Å². The SMILES string of the molecule is CCCCCCCCCCCCOc1ccc(C(=O)Oc2c(/C=C/c3ccncc3)ccc3c(OC(=O)c4ccc(OCCCCCCCCCCCC)cc4)c(/C=C/c4ccncc4)ccc23)cc1. The van der Waals surface area contributed by atoms with Crippen molar-refractivity contribution in [2.24, 2.45) is 0 Å². The van der Waals surface area contributed by atoms with Crippen molar-refractivity contribution in [1.82, 2.24) is 9.97 Å². The van der Waals surface area contributed by atoms with Crippen LogP contribution in [0.1, 0.15) is 185 Å². The molecule has 0 bridgehead atoms. The van der Waals surface area contributed by atoms with Crippen molar-refractivity contribution in [1.29, 1.82) is 0 Å². The van der Waals surface area contributed by atoms with Gasteiger partial charge in [0.15, 0.2) is 0 Å². The Morgan fingerprint density at radius 1 is 0.386 bits per heavy atom. The van der Waals surface area contributed by atoms with Gasteiger partial charge in [-0.15, -0.1) is 0 Å². The highest BCUT2D eigenvalue weighted by molar-refractivity contribution is 6.04. The Hall–Kier alpha value is -6.54. The van der Waals surface area contributed by atoms with Gasteiger partial charge in [0, 0.05) is 46.7 Å². The molecule has 2 aromatic heterocycles. The van der Waals surface area contributed by atoms with Crippen LogP contribution in [0.15, 0.2) is 122 Å². The number of unbranched alkanes of at least 4 members (excludes halogenated alkanes) is 18. The molecule has 6 aromatic rings. The number of rotatable bonds is 32. The molecule has 0 radical (unpaired) electrons. The number of benzene rings is 4. The minimum atomic E-state index is -0.525. The van der Waals surface area contributed by atoms with E-state index in [2.05, 4.69) is 23.8 Å². The normalized spacial score (nSPS) is 11.4. The van der Waals surface area contributed by atoms with Crippen LogP contribution >= 0.6 is 0 Å². The molecule has 6 rings (SSSR count). The minimum Gasteiger partial charge on any atom is -0.494 e.